The lowest BCUT2D eigenvalue weighted by Gasteiger charge is -2.38. The van der Waals surface area contributed by atoms with Crippen molar-refractivity contribution in [3.05, 3.63) is 0 Å². The van der Waals surface area contributed by atoms with Gasteiger partial charge in [0.1, 0.15) is 0 Å². The van der Waals surface area contributed by atoms with Crippen LogP contribution in [0.25, 0.3) is 0 Å². The molecule has 1 saturated carbocycles. The Labute approximate surface area is 103 Å². The summed E-state index contributed by atoms with van der Waals surface area (Å²) in [5, 5.41) is 9.91. The van der Waals surface area contributed by atoms with Crippen molar-refractivity contribution in [3.63, 3.8) is 0 Å². The zero-order valence-electron chi connectivity index (χ0n) is 10.9. The lowest BCUT2D eigenvalue weighted by molar-refractivity contribution is -0.138. The Hall–Kier alpha value is -0.610. The van der Waals surface area contributed by atoms with Crippen LogP contribution in [0.15, 0.2) is 0 Å². The van der Waals surface area contributed by atoms with Crippen molar-refractivity contribution in [2.75, 3.05) is 13.1 Å². The van der Waals surface area contributed by atoms with Gasteiger partial charge in [-0.3, -0.25) is 4.79 Å². The normalized spacial score (nSPS) is 42.8. The number of carbonyl (C=O) groups excluding carboxylic acids is 1. The van der Waals surface area contributed by atoms with Gasteiger partial charge in [-0.1, -0.05) is 19.8 Å². The number of hydrogen-bond donors (Lipinski definition) is 2. The van der Waals surface area contributed by atoms with Gasteiger partial charge in [0.15, 0.2) is 0 Å². The van der Waals surface area contributed by atoms with E-state index in [-0.39, 0.29) is 5.91 Å². The van der Waals surface area contributed by atoms with E-state index in [1.807, 2.05) is 0 Å². The van der Waals surface area contributed by atoms with Crippen molar-refractivity contribution in [2.45, 2.75) is 57.1 Å². The topological polar surface area (TPSA) is 66.6 Å². The first-order chi connectivity index (χ1) is 7.82. The highest BCUT2D eigenvalue weighted by molar-refractivity contribution is 5.86. The molecule has 3 atom stereocenters. The van der Waals surface area contributed by atoms with Crippen LogP contribution in [0.4, 0.5) is 0 Å². The van der Waals surface area contributed by atoms with E-state index in [4.69, 9.17) is 5.73 Å². The Balaban J connectivity index is 2.04. The Kier molecular flexibility index (Phi) is 3.21. The maximum absolute atomic E-state index is 12.4. The third kappa shape index (κ3) is 2.63. The summed E-state index contributed by atoms with van der Waals surface area (Å²) < 4.78 is 0. The van der Waals surface area contributed by atoms with Gasteiger partial charge in [0.05, 0.1) is 11.1 Å². The summed E-state index contributed by atoms with van der Waals surface area (Å²) in [6.45, 7) is 5.01. The molecule has 1 aliphatic carbocycles. The minimum atomic E-state index is -0.730. The molecular formula is C13H24N2O2. The molecule has 1 heterocycles. The molecule has 0 radical (unpaired) electrons. The minimum Gasteiger partial charge on any atom is -0.388 e. The Morgan fingerprint density at radius 1 is 1.47 bits per heavy atom. The molecule has 17 heavy (non-hydrogen) atoms. The molecule has 98 valence electrons. The van der Waals surface area contributed by atoms with Crippen molar-refractivity contribution < 1.29 is 9.90 Å². The number of amides is 1. The fourth-order valence-electron chi connectivity index (χ4n) is 3.22. The third-order valence-corrected chi connectivity index (χ3v) is 4.20. The Bertz CT molecular complexity index is 317. The third-order valence-electron chi connectivity index (χ3n) is 4.20. The average Bonchev–Trinajstić information content (AvgIpc) is 2.57. The molecule has 2 aliphatic rings. The number of carbonyl (C=O) groups is 1. The van der Waals surface area contributed by atoms with Gasteiger partial charge in [-0.2, -0.15) is 0 Å². The van der Waals surface area contributed by atoms with Crippen LogP contribution in [0.1, 0.15) is 46.0 Å². The highest BCUT2D eigenvalue weighted by Crippen LogP contribution is 2.33. The second-order valence-electron chi connectivity index (χ2n) is 6.33. The number of hydrogen-bond acceptors (Lipinski definition) is 3. The second kappa shape index (κ2) is 4.25. The number of aliphatic hydroxyl groups is 1. The first kappa shape index (κ1) is 12.8. The summed E-state index contributed by atoms with van der Waals surface area (Å²) in [6, 6.07) is 0. The average molecular weight is 240 g/mol. The quantitative estimate of drug-likeness (QED) is 0.715. The summed E-state index contributed by atoms with van der Waals surface area (Å²) in [5.74, 6) is 0.572. The molecule has 0 bridgehead atoms. The van der Waals surface area contributed by atoms with Gasteiger partial charge in [-0.15, -0.1) is 0 Å². The molecule has 1 saturated heterocycles. The molecule has 1 aliphatic heterocycles. The fourth-order valence-corrected chi connectivity index (χ4v) is 3.22. The van der Waals surface area contributed by atoms with Gasteiger partial charge in [-0.05, 0) is 32.1 Å². The zero-order valence-corrected chi connectivity index (χ0v) is 10.9. The van der Waals surface area contributed by atoms with Crippen molar-refractivity contribution in [1.82, 2.24) is 4.90 Å². The second-order valence-corrected chi connectivity index (χ2v) is 6.33. The highest BCUT2D eigenvalue weighted by Gasteiger charge is 2.44. The molecule has 3 unspecified atom stereocenters. The molecule has 1 amide bonds. The zero-order chi connectivity index (χ0) is 12.7. The number of nitrogens with zero attached hydrogens (tertiary/aromatic N) is 1. The molecule has 2 rings (SSSR count). The first-order valence-corrected chi connectivity index (χ1v) is 6.63. The van der Waals surface area contributed by atoms with Crippen molar-refractivity contribution >= 4 is 5.91 Å². The van der Waals surface area contributed by atoms with Gasteiger partial charge < -0.3 is 15.7 Å². The number of nitrogens with two attached hydrogens (primary N) is 1. The van der Waals surface area contributed by atoms with E-state index in [2.05, 4.69) is 6.92 Å². The molecule has 2 fully saturated rings. The SMILES string of the molecule is CC1CCCC(N)(C(=O)N2CCC(C)(O)C2)C1. The largest absolute Gasteiger partial charge is 0.388 e. The summed E-state index contributed by atoms with van der Waals surface area (Å²) in [7, 11) is 0. The van der Waals surface area contributed by atoms with E-state index in [9.17, 15) is 9.90 Å². The van der Waals surface area contributed by atoms with Gasteiger partial charge >= 0.3 is 0 Å². The summed E-state index contributed by atoms with van der Waals surface area (Å²) >= 11 is 0. The predicted octanol–water partition coefficient (Wildman–Crippen LogP) is 0.877. The highest BCUT2D eigenvalue weighted by atomic mass is 16.3. The van der Waals surface area contributed by atoms with Crippen LogP contribution in [0, 0.1) is 5.92 Å². The van der Waals surface area contributed by atoms with E-state index in [1.165, 1.54) is 6.42 Å². The summed E-state index contributed by atoms with van der Waals surface area (Å²) in [5.41, 5.74) is 4.88. The minimum absolute atomic E-state index is 0.0434. The number of β-amino-alcohol motifs (C(OH)–C–C–N with tert-alkyl or cyclic N) is 1. The van der Waals surface area contributed by atoms with Crippen LogP contribution in [-0.2, 0) is 4.79 Å². The molecule has 0 aromatic rings. The van der Waals surface area contributed by atoms with Gasteiger partial charge in [0.25, 0.3) is 0 Å². The molecule has 0 spiro atoms. The maximum atomic E-state index is 12.4. The first-order valence-electron chi connectivity index (χ1n) is 6.63. The lowest BCUT2D eigenvalue weighted by Crippen LogP contribution is -2.57. The Morgan fingerprint density at radius 2 is 2.18 bits per heavy atom. The monoisotopic (exact) mass is 240 g/mol. The summed E-state index contributed by atoms with van der Waals surface area (Å²) in [6.07, 6.45) is 4.43. The molecule has 0 aromatic carbocycles. The fraction of sp³-hybridized carbons (Fsp3) is 0.923. The van der Waals surface area contributed by atoms with Gasteiger partial charge in [0.2, 0.25) is 5.91 Å². The van der Waals surface area contributed by atoms with E-state index < -0.39 is 11.1 Å². The predicted molar refractivity (Wildman–Crippen MR) is 66.4 cm³/mol. The molecule has 3 N–H and O–H groups in total. The number of likely N-dealkylation sites (tertiary alicyclic amines) is 1. The lowest BCUT2D eigenvalue weighted by atomic mass is 9.76. The standard InChI is InChI=1S/C13H24N2O2/c1-10-4-3-5-13(14,8-10)11(16)15-7-6-12(2,17)9-15/h10,17H,3-9,14H2,1-2H3. The smallest absolute Gasteiger partial charge is 0.242 e. The molecule has 0 aromatic heterocycles. The van der Waals surface area contributed by atoms with E-state index in [0.29, 0.717) is 25.4 Å². The Morgan fingerprint density at radius 3 is 2.71 bits per heavy atom. The van der Waals surface area contributed by atoms with Crippen LogP contribution >= 0.6 is 0 Å². The van der Waals surface area contributed by atoms with Crippen molar-refractivity contribution in [3.8, 4) is 0 Å². The van der Waals surface area contributed by atoms with Crippen molar-refractivity contribution in [1.29, 1.82) is 0 Å². The van der Waals surface area contributed by atoms with Gasteiger partial charge in [0, 0.05) is 13.1 Å². The summed E-state index contributed by atoms with van der Waals surface area (Å²) in [4.78, 5) is 14.2. The van der Waals surface area contributed by atoms with Crippen LogP contribution in [0.3, 0.4) is 0 Å². The van der Waals surface area contributed by atoms with Crippen LogP contribution in [0.2, 0.25) is 0 Å². The van der Waals surface area contributed by atoms with E-state index >= 15 is 0 Å². The van der Waals surface area contributed by atoms with Crippen LogP contribution in [0.5, 0.6) is 0 Å². The van der Waals surface area contributed by atoms with Crippen molar-refractivity contribution in [2.24, 2.45) is 11.7 Å². The molecule has 4 heteroatoms. The maximum Gasteiger partial charge on any atom is 0.242 e. The van der Waals surface area contributed by atoms with Crippen LogP contribution < -0.4 is 5.73 Å². The van der Waals surface area contributed by atoms with E-state index in [1.54, 1.807) is 11.8 Å². The van der Waals surface area contributed by atoms with E-state index in [0.717, 1.165) is 19.3 Å². The molecule has 4 nitrogen and oxygen atoms in total. The molecular weight excluding hydrogens is 216 g/mol. The number of rotatable bonds is 1. The van der Waals surface area contributed by atoms with Crippen LogP contribution in [-0.4, -0.2) is 40.1 Å². The van der Waals surface area contributed by atoms with Gasteiger partial charge in [-0.25, -0.2) is 0 Å².